The average Bonchev–Trinajstić information content (AvgIpc) is 3.43. The number of ether oxygens (including phenoxy) is 2. The zero-order chi connectivity index (χ0) is 19.3. The Morgan fingerprint density at radius 1 is 0.828 bits per heavy atom. The second-order valence-electron chi connectivity index (χ2n) is 11.8. The minimum atomic E-state index is -0.316. The first-order chi connectivity index (χ1) is 14.1. The molecule has 29 heavy (non-hydrogen) atoms. The van der Waals surface area contributed by atoms with E-state index >= 15 is 0 Å². The van der Waals surface area contributed by atoms with Crippen molar-refractivity contribution in [1.29, 1.82) is 0 Å². The van der Waals surface area contributed by atoms with E-state index in [4.69, 9.17) is 9.47 Å². The molecule has 0 amide bonds. The predicted molar refractivity (Wildman–Crippen MR) is 105 cm³/mol. The van der Waals surface area contributed by atoms with Crippen LogP contribution in [0.25, 0.3) is 0 Å². The lowest BCUT2D eigenvalue weighted by Crippen LogP contribution is -2.53. The molecular weight excluding hydrogens is 364 g/mol. The second-order valence-corrected chi connectivity index (χ2v) is 11.8. The molecule has 0 saturated heterocycles. The van der Waals surface area contributed by atoms with E-state index in [0.29, 0.717) is 23.7 Å². The molecule has 0 aromatic rings. The number of esters is 2. The van der Waals surface area contributed by atoms with Gasteiger partial charge in [0.05, 0.1) is 5.92 Å². The quantitative estimate of drug-likeness (QED) is 0.407. The van der Waals surface area contributed by atoms with Gasteiger partial charge in [-0.25, -0.2) is 4.79 Å². The highest BCUT2D eigenvalue weighted by Crippen LogP contribution is 2.67. The van der Waals surface area contributed by atoms with Gasteiger partial charge in [-0.05, 0) is 111 Å². The van der Waals surface area contributed by atoms with Gasteiger partial charge in [-0.3, -0.25) is 4.79 Å². The largest absolute Gasteiger partial charge is 0.457 e. The molecular formula is C25H32O4. The van der Waals surface area contributed by atoms with Crippen LogP contribution in [0.3, 0.4) is 0 Å². The molecule has 0 aromatic heterocycles. The van der Waals surface area contributed by atoms with Gasteiger partial charge in [0.1, 0.15) is 5.60 Å². The lowest BCUT2D eigenvalue weighted by atomic mass is 9.54. The molecule has 0 aromatic carbocycles. The molecule has 7 saturated carbocycles. The second kappa shape index (κ2) is 5.88. The third kappa shape index (κ3) is 2.50. The van der Waals surface area contributed by atoms with E-state index in [1.165, 1.54) is 32.1 Å². The number of rotatable bonds is 4. The molecule has 0 spiro atoms. The average molecular weight is 397 g/mol. The molecule has 0 N–H and O–H groups in total. The van der Waals surface area contributed by atoms with E-state index in [1.54, 1.807) is 0 Å². The molecule has 0 heterocycles. The van der Waals surface area contributed by atoms with Crippen LogP contribution in [0.1, 0.15) is 57.8 Å². The summed E-state index contributed by atoms with van der Waals surface area (Å²) in [5.74, 6) is 5.95. The summed E-state index contributed by atoms with van der Waals surface area (Å²) >= 11 is 0. The molecule has 7 fully saturated rings. The van der Waals surface area contributed by atoms with Crippen molar-refractivity contribution in [2.24, 2.45) is 59.2 Å². The van der Waals surface area contributed by atoms with Crippen molar-refractivity contribution in [3.8, 4) is 0 Å². The monoisotopic (exact) mass is 396 g/mol. The molecule has 156 valence electrons. The topological polar surface area (TPSA) is 52.6 Å². The molecule has 4 nitrogen and oxygen atoms in total. The number of allylic oxidation sites excluding steroid dienone is 2. The van der Waals surface area contributed by atoms with E-state index in [9.17, 15) is 9.59 Å². The number of carbonyl (C=O) groups excluding carboxylic acids is 2. The Kier molecular flexibility index (Phi) is 3.52. The van der Waals surface area contributed by atoms with Crippen molar-refractivity contribution in [3.05, 3.63) is 12.2 Å². The highest BCUT2D eigenvalue weighted by atomic mass is 16.6. The fourth-order valence-corrected chi connectivity index (χ4v) is 9.95. The number of carbonyl (C=O) groups is 2. The van der Waals surface area contributed by atoms with Crippen LogP contribution in [-0.4, -0.2) is 24.1 Å². The Morgan fingerprint density at radius 2 is 1.48 bits per heavy atom. The first kappa shape index (κ1) is 17.4. The van der Waals surface area contributed by atoms with Gasteiger partial charge >= 0.3 is 11.9 Å². The summed E-state index contributed by atoms with van der Waals surface area (Å²) < 4.78 is 11.6. The summed E-state index contributed by atoms with van der Waals surface area (Å²) in [6.45, 7) is -0.186. The van der Waals surface area contributed by atoms with Crippen LogP contribution in [0.5, 0.6) is 0 Å². The van der Waals surface area contributed by atoms with Crippen molar-refractivity contribution in [1.82, 2.24) is 0 Å². The Bertz CT molecular complexity index is 748. The lowest BCUT2D eigenvalue weighted by molar-refractivity contribution is -0.193. The summed E-state index contributed by atoms with van der Waals surface area (Å²) in [5.41, 5.74) is -0.243. The van der Waals surface area contributed by atoms with Gasteiger partial charge in [-0.1, -0.05) is 12.2 Å². The molecule has 7 atom stereocenters. The Labute approximate surface area is 172 Å². The molecule has 8 bridgehead atoms. The van der Waals surface area contributed by atoms with Gasteiger partial charge in [0.2, 0.25) is 0 Å². The van der Waals surface area contributed by atoms with E-state index in [1.807, 2.05) is 0 Å². The molecule has 0 aliphatic heterocycles. The maximum atomic E-state index is 12.9. The van der Waals surface area contributed by atoms with Gasteiger partial charge in [0.25, 0.3) is 0 Å². The SMILES string of the molecule is O=C(COC(=O)C1CC2CC1C1C3C=CC(C3)C21)OC12CC3CC(CC(C3)C1)C2. The van der Waals surface area contributed by atoms with E-state index in [-0.39, 0.29) is 30.1 Å². The van der Waals surface area contributed by atoms with Gasteiger partial charge in [-0.15, -0.1) is 0 Å². The van der Waals surface area contributed by atoms with E-state index in [2.05, 4.69) is 12.2 Å². The maximum absolute atomic E-state index is 12.9. The summed E-state index contributed by atoms with van der Waals surface area (Å²) in [5, 5.41) is 0. The third-order valence-corrected chi connectivity index (χ3v) is 10.2. The summed E-state index contributed by atoms with van der Waals surface area (Å²) in [4.78, 5) is 25.4. The van der Waals surface area contributed by atoms with Crippen molar-refractivity contribution in [2.75, 3.05) is 6.61 Å². The Balaban J connectivity index is 0.968. The summed E-state index contributed by atoms with van der Waals surface area (Å²) in [7, 11) is 0. The molecule has 0 radical (unpaired) electrons. The zero-order valence-corrected chi connectivity index (χ0v) is 17.1. The lowest BCUT2D eigenvalue weighted by Gasteiger charge is -2.55. The van der Waals surface area contributed by atoms with Gasteiger partial charge in [-0.2, -0.15) is 0 Å². The van der Waals surface area contributed by atoms with E-state index in [0.717, 1.165) is 55.3 Å². The summed E-state index contributed by atoms with van der Waals surface area (Å²) in [6, 6.07) is 0. The molecule has 8 aliphatic carbocycles. The summed E-state index contributed by atoms with van der Waals surface area (Å²) in [6.07, 6.45) is 15.4. The van der Waals surface area contributed by atoms with Crippen molar-refractivity contribution < 1.29 is 19.1 Å². The van der Waals surface area contributed by atoms with Crippen LogP contribution in [0.4, 0.5) is 0 Å². The maximum Gasteiger partial charge on any atom is 0.344 e. The molecule has 7 unspecified atom stereocenters. The van der Waals surface area contributed by atoms with Gasteiger partial charge in [0.15, 0.2) is 6.61 Å². The van der Waals surface area contributed by atoms with Crippen LogP contribution in [-0.2, 0) is 19.1 Å². The predicted octanol–water partition coefficient (Wildman–Crippen LogP) is 4.14. The van der Waals surface area contributed by atoms with Crippen molar-refractivity contribution in [3.63, 3.8) is 0 Å². The van der Waals surface area contributed by atoms with Crippen LogP contribution in [0, 0.1) is 59.2 Å². The van der Waals surface area contributed by atoms with E-state index < -0.39 is 0 Å². The highest BCUT2D eigenvalue weighted by molar-refractivity contribution is 5.78. The van der Waals surface area contributed by atoms with Crippen LogP contribution in [0.2, 0.25) is 0 Å². The first-order valence-electron chi connectivity index (χ1n) is 12.1. The standard InChI is InChI=1S/C25H32O4/c26-21(29-25-9-13-3-14(10-25)5-15(4-13)11-25)12-28-24(27)20-8-18-7-19(20)23-17-2-1-16(6-17)22(18)23/h1-2,13-20,22-23H,3-12H2. The number of fused-ring (bicyclic) bond motifs is 9. The van der Waals surface area contributed by atoms with Crippen LogP contribution in [0.15, 0.2) is 12.2 Å². The zero-order valence-electron chi connectivity index (χ0n) is 17.1. The number of hydrogen-bond donors (Lipinski definition) is 0. The highest BCUT2D eigenvalue weighted by Gasteiger charge is 2.62. The number of hydrogen-bond acceptors (Lipinski definition) is 4. The van der Waals surface area contributed by atoms with Crippen LogP contribution >= 0.6 is 0 Å². The Morgan fingerprint density at radius 3 is 2.17 bits per heavy atom. The normalized spacial score (nSPS) is 54.8. The first-order valence-corrected chi connectivity index (χ1v) is 12.1. The fourth-order valence-electron chi connectivity index (χ4n) is 9.95. The van der Waals surface area contributed by atoms with Crippen LogP contribution < -0.4 is 0 Å². The smallest absolute Gasteiger partial charge is 0.344 e. The third-order valence-electron chi connectivity index (χ3n) is 10.2. The Hall–Kier alpha value is -1.32. The fraction of sp³-hybridized carbons (Fsp3) is 0.840. The minimum absolute atomic E-state index is 0.0151. The van der Waals surface area contributed by atoms with Gasteiger partial charge in [0, 0.05) is 0 Å². The van der Waals surface area contributed by atoms with Crippen molar-refractivity contribution in [2.45, 2.75) is 63.4 Å². The van der Waals surface area contributed by atoms with Crippen molar-refractivity contribution >= 4 is 11.9 Å². The molecule has 4 heteroatoms. The minimum Gasteiger partial charge on any atom is -0.457 e. The molecule has 8 rings (SSSR count). The van der Waals surface area contributed by atoms with Gasteiger partial charge < -0.3 is 9.47 Å². The molecule has 8 aliphatic rings.